The molecule has 2 heterocycles. The van der Waals surface area contributed by atoms with E-state index >= 15 is 0 Å². The van der Waals surface area contributed by atoms with Crippen LogP contribution in [0.1, 0.15) is 24.2 Å². The summed E-state index contributed by atoms with van der Waals surface area (Å²) in [5.41, 5.74) is -0.643. The third kappa shape index (κ3) is 3.44. The van der Waals surface area contributed by atoms with E-state index in [1.807, 2.05) is 6.07 Å². The van der Waals surface area contributed by atoms with Gasteiger partial charge in [-0.2, -0.15) is 10.4 Å². The lowest BCUT2D eigenvalue weighted by Crippen LogP contribution is -2.45. The molecule has 0 N–H and O–H groups in total. The molecule has 0 saturated carbocycles. The van der Waals surface area contributed by atoms with Gasteiger partial charge in [-0.25, -0.2) is 17.1 Å². The molecular formula is C12H16BrFN4O2S. The first-order valence-electron chi connectivity index (χ1n) is 6.42. The predicted octanol–water partition coefficient (Wildman–Crippen LogP) is 1.36. The first kappa shape index (κ1) is 16.4. The Bertz CT molecular complexity index is 687. The minimum atomic E-state index is -3.27. The van der Waals surface area contributed by atoms with Crippen LogP contribution in [0, 0.1) is 11.3 Å². The van der Waals surface area contributed by atoms with E-state index in [-0.39, 0.29) is 38.0 Å². The molecule has 116 valence electrons. The molecule has 0 unspecified atom stereocenters. The van der Waals surface area contributed by atoms with Crippen LogP contribution in [-0.4, -0.2) is 47.5 Å². The fourth-order valence-electron chi connectivity index (χ4n) is 2.49. The van der Waals surface area contributed by atoms with Crippen molar-refractivity contribution in [3.05, 3.63) is 15.9 Å². The van der Waals surface area contributed by atoms with Crippen molar-refractivity contribution in [2.75, 3.05) is 19.3 Å². The van der Waals surface area contributed by atoms with Crippen molar-refractivity contribution in [3.63, 3.8) is 0 Å². The van der Waals surface area contributed by atoms with Crippen LogP contribution in [0.5, 0.6) is 0 Å². The highest BCUT2D eigenvalue weighted by molar-refractivity contribution is 9.10. The molecule has 0 spiro atoms. The van der Waals surface area contributed by atoms with Gasteiger partial charge in [-0.3, -0.25) is 4.68 Å². The molecule has 0 amide bonds. The van der Waals surface area contributed by atoms with Gasteiger partial charge >= 0.3 is 0 Å². The standard InChI is InChI=1S/C12H16BrFN4O2S/c1-17-10(11(13)9(8-15)16-17)7-12(14)3-5-18(6-4-12)21(2,19)20/h3-7H2,1-2H3. The Labute approximate surface area is 131 Å². The van der Waals surface area contributed by atoms with Crippen LogP contribution in [0.3, 0.4) is 0 Å². The van der Waals surface area contributed by atoms with Gasteiger partial charge in [0.05, 0.1) is 16.4 Å². The van der Waals surface area contributed by atoms with E-state index < -0.39 is 15.7 Å². The van der Waals surface area contributed by atoms with Crippen molar-refractivity contribution in [2.24, 2.45) is 7.05 Å². The number of aromatic nitrogens is 2. The van der Waals surface area contributed by atoms with Gasteiger partial charge in [-0.15, -0.1) is 0 Å². The molecule has 0 aromatic carbocycles. The maximum atomic E-state index is 14.9. The summed E-state index contributed by atoms with van der Waals surface area (Å²) in [5.74, 6) is 0. The van der Waals surface area contributed by atoms with E-state index in [0.717, 1.165) is 6.26 Å². The number of nitrogens with zero attached hydrogens (tertiary/aromatic N) is 4. The number of sulfonamides is 1. The zero-order valence-electron chi connectivity index (χ0n) is 11.8. The Kier molecular flexibility index (Phi) is 4.42. The van der Waals surface area contributed by atoms with Crippen molar-refractivity contribution < 1.29 is 12.8 Å². The average Bonchev–Trinajstić information content (AvgIpc) is 2.65. The molecule has 6 nitrogen and oxygen atoms in total. The van der Waals surface area contributed by atoms with Crippen molar-refractivity contribution in [1.29, 1.82) is 5.26 Å². The summed E-state index contributed by atoms with van der Waals surface area (Å²) in [4.78, 5) is 0. The van der Waals surface area contributed by atoms with Gasteiger partial charge in [-0.1, -0.05) is 0 Å². The highest BCUT2D eigenvalue weighted by atomic mass is 79.9. The second kappa shape index (κ2) is 5.66. The van der Waals surface area contributed by atoms with E-state index in [1.54, 1.807) is 7.05 Å². The summed E-state index contributed by atoms with van der Waals surface area (Å²) in [5, 5.41) is 12.9. The fraction of sp³-hybridized carbons (Fsp3) is 0.667. The molecule has 1 saturated heterocycles. The van der Waals surface area contributed by atoms with Gasteiger partial charge in [0.1, 0.15) is 11.7 Å². The van der Waals surface area contributed by atoms with Crippen molar-refractivity contribution in [3.8, 4) is 6.07 Å². The Morgan fingerprint density at radius 3 is 2.48 bits per heavy atom. The molecule has 21 heavy (non-hydrogen) atoms. The number of hydrogen-bond donors (Lipinski definition) is 0. The monoisotopic (exact) mass is 378 g/mol. The van der Waals surface area contributed by atoms with Crippen LogP contribution in [0.4, 0.5) is 4.39 Å². The molecule has 1 fully saturated rings. The molecule has 1 aromatic rings. The highest BCUT2D eigenvalue weighted by Crippen LogP contribution is 2.34. The fourth-order valence-corrected chi connectivity index (χ4v) is 3.90. The number of aryl methyl sites for hydroxylation is 1. The largest absolute Gasteiger partial charge is 0.270 e. The zero-order valence-corrected chi connectivity index (χ0v) is 14.2. The maximum Gasteiger partial charge on any atom is 0.211 e. The summed E-state index contributed by atoms with van der Waals surface area (Å²) in [6, 6.07) is 1.94. The number of rotatable bonds is 3. The third-order valence-electron chi connectivity index (χ3n) is 3.78. The Morgan fingerprint density at radius 2 is 2.05 bits per heavy atom. The number of nitriles is 1. The molecule has 9 heteroatoms. The Hall–Kier alpha value is -0.980. The second-order valence-corrected chi connectivity index (χ2v) is 8.11. The Morgan fingerprint density at radius 1 is 1.48 bits per heavy atom. The molecule has 0 atom stereocenters. The maximum absolute atomic E-state index is 14.9. The van der Waals surface area contributed by atoms with Gasteiger partial charge in [-0.05, 0) is 28.8 Å². The molecule has 1 aliphatic rings. The van der Waals surface area contributed by atoms with Crippen LogP contribution in [-0.2, 0) is 23.5 Å². The molecule has 1 aliphatic heterocycles. The number of hydrogen-bond acceptors (Lipinski definition) is 4. The molecule has 0 radical (unpaired) electrons. The van der Waals surface area contributed by atoms with Gasteiger partial charge in [0.2, 0.25) is 10.0 Å². The minimum absolute atomic E-state index is 0.108. The van der Waals surface area contributed by atoms with E-state index in [9.17, 15) is 12.8 Å². The topological polar surface area (TPSA) is 79.0 Å². The van der Waals surface area contributed by atoms with Gasteiger partial charge in [0.15, 0.2) is 5.69 Å². The van der Waals surface area contributed by atoms with Crippen LogP contribution in [0.15, 0.2) is 4.47 Å². The third-order valence-corrected chi connectivity index (χ3v) is 5.92. The van der Waals surface area contributed by atoms with Crippen molar-refractivity contribution in [2.45, 2.75) is 24.9 Å². The Balaban J connectivity index is 2.15. The zero-order chi connectivity index (χ0) is 15.8. The molecule has 0 aliphatic carbocycles. The van der Waals surface area contributed by atoms with Crippen LogP contribution < -0.4 is 0 Å². The first-order valence-corrected chi connectivity index (χ1v) is 9.06. The lowest BCUT2D eigenvalue weighted by molar-refractivity contribution is 0.0870. The van der Waals surface area contributed by atoms with Gasteiger partial charge in [0, 0.05) is 26.6 Å². The molecule has 2 rings (SSSR count). The van der Waals surface area contributed by atoms with Gasteiger partial charge < -0.3 is 0 Å². The molecule has 0 bridgehead atoms. The first-order chi connectivity index (χ1) is 9.66. The number of piperidine rings is 1. The van der Waals surface area contributed by atoms with E-state index in [4.69, 9.17) is 5.26 Å². The predicted molar refractivity (Wildman–Crippen MR) is 78.8 cm³/mol. The van der Waals surface area contributed by atoms with E-state index in [0.29, 0.717) is 10.2 Å². The average molecular weight is 379 g/mol. The lowest BCUT2D eigenvalue weighted by Gasteiger charge is -2.35. The summed E-state index contributed by atoms with van der Waals surface area (Å²) < 4.78 is 41.1. The smallest absolute Gasteiger partial charge is 0.211 e. The second-order valence-electron chi connectivity index (χ2n) is 5.33. The highest BCUT2D eigenvalue weighted by Gasteiger charge is 2.38. The quantitative estimate of drug-likeness (QED) is 0.795. The van der Waals surface area contributed by atoms with Gasteiger partial charge in [0.25, 0.3) is 0 Å². The van der Waals surface area contributed by atoms with E-state index in [1.165, 1.54) is 8.99 Å². The number of halogens is 2. The normalized spacial score (nSPS) is 19.4. The minimum Gasteiger partial charge on any atom is -0.270 e. The number of alkyl halides is 1. The van der Waals surface area contributed by atoms with Crippen molar-refractivity contribution >= 4 is 26.0 Å². The summed E-state index contributed by atoms with van der Waals surface area (Å²) in [6.07, 6.45) is 1.52. The van der Waals surface area contributed by atoms with Crippen LogP contribution >= 0.6 is 15.9 Å². The van der Waals surface area contributed by atoms with Crippen molar-refractivity contribution in [1.82, 2.24) is 14.1 Å². The van der Waals surface area contributed by atoms with Crippen LogP contribution in [0.2, 0.25) is 0 Å². The molecular weight excluding hydrogens is 363 g/mol. The summed E-state index contributed by atoms with van der Waals surface area (Å²) >= 11 is 3.28. The summed E-state index contributed by atoms with van der Waals surface area (Å²) in [7, 11) is -1.61. The SMILES string of the molecule is Cn1nc(C#N)c(Br)c1CC1(F)CCN(S(C)(=O)=O)CC1. The van der Waals surface area contributed by atoms with E-state index in [2.05, 4.69) is 21.0 Å². The molecule has 1 aromatic heterocycles. The summed E-state index contributed by atoms with van der Waals surface area (Å²) in [6.45, 7) is 0.353. The van der Waals surface area contributed by atoms with Crippen LogP contribution in [0.25, 0.3) is 0 Å². The lowest BCUT2D eigenvalue weighted by atomic mass is 9.89.